The molecule has 0 bridgehead atoms. The zero-order valence-corrected chi connectivity index (χ0v) is 19.6. The molecule has 0 fully saturated rings. The molecule has 0 heterocycles. The summed E-state index contributed by atoms with van der Waals surface area (Å²) in [6.45, 7) is 13.4. The molecule has 0 unspecified atom stereocenters. The van der Waals surface area contributed by atoms with E-state index >= 15 is 0 Å². The van der Waals surface area contributed by atoms with Gasteiger partial charge in [-0.05, 0) is 36.3 Å². The molecule has 0 radical (unpaired) electrons. The average Bonchev–Trinajstić information content (AvgIpc) is 2.71. The van der Waals surface area contributed by atoms with E-state index in [0.717, 1.165) is 41.8 Å². The van der Waals surface area contributed by atoms with Crippen LogP contribution in [0.15, 0.2) is 30.3 Å². The van der Waals surface area contributed by atoms with E-state index in [0.29, 0.717) is 0 Å². The van der Waals surface area contributed by atoms with Crippen molar-refractivity contribution >= 4 is 16.1 Å². The van der Waals surface area contributed by atoms with Gasteiger partial charge >= 0.3 is 0 Å². The Labute approximate surface area is 163 Å². The summed E-state index contributed by atoms with van der Waals surface area (Å²) in [4.78, 5) is 0. The lowest BCUT2D eigenvalue weighted by Gasteiger charge is -2.24. The Morgan fingerprint density at radius 1 is 0.692 bits per heavy atom. The fourth-order valence-electron chi connectivity index (χ4n) is 3.33. The average molecular weight is 385 g/mol. The zero-order chi connectivity index (χ0) is 19.7. The summed E-state index contributed by atoms with van der Waals surface area (Å²) in [5, 5.41) is 11.5. The highest BCUT2D eigenvalue weighted by atomic mass is 28.3. The Bertz CT molecular complexity index is 610. The first-order chi connectivity index (χ1) is 12.4. The van der Waals surface area contributed by atoms with Crippen molar-refractivity contribution in [3.63, 3.8) is 0 Å². The molecule has 0 spiro atoms. The molecule has 0 aliphatic rings. The van der Waals surface area contributed by atoms with Crippen LogP contribution in [0.3, 0.4) is 0 Å². The molecule has 1 nitrogen and oxygen atoms in total. The van der Waals surface area contributed by atoms with Crippen LogP contribution in [-0.4, -0.2) is 21.3 Å². The number of hydrogen-bond acceptors (Lipinski definition) is 1. The summed E-state index contributed by atoms with van der Waals surface area (Å²) in [5.41, 5.74) is 6.58. The van der Waals surface area contributed by atoms with Gasteiger partial charge in [0.2, 0.25) is 5.60 Å². The molecule has 1 N–H and O–H groups in total. The van der Waals surface area contributed by atoms with Crippen molar-refractivity contribution in [3.05, 3.63) is 35.9 Å². The summed E-state index contributed by atoms with van der Waals surface area (Å²) in [6, 6.07) is 16.5. The minimum absolute atomic E-state index is 0.803. The van der Waals surface area contributed by atoms with E-state index in [4.69, 9.17) is 0 Å². The van der Waals surface area contributed by atoms with Crippen LogP contribution in [0.2, 0.25) is 36.3 Å². The second-order valence-electron chi connectivity index (χ2n) is 7.26. The quantitative estimate of drug-likeness (QED) is 0.453. The van der Waals surface area contributed by atoms with Gasteiger partial charge in [0.15, 0.2) is 0 Å². The largest absolute Gasteiger partial charge is 0.364 e. The maximum atomic E-state index is 11.5. The monoisotopic (exact) mass is 384 g/mol. The van der Waals surface area contributed by atoms with Crippen LogP contribution in [0.5, 0.6) is 0 Å². The minimum atomic E-state index is -1.64. The molecule has 0 aliphatic carbocycles. The van der Waals surface area contributed by atoms with E-state index in [1.54, 1.807) is 0 Å². The first-order valence-corrected chi connectivity index (χ1v) is 15.5. The van der Waals surface area contributed by atoms with Gasteiger partial charge < -0.3 is 5.11 Å². The molecule has 0 atom stereocenters. The molecule has 3 heteroatoms. The maximum absolute atomic E-state index is 11.5. The van der Waals surface area contributed by atoms with Crippen LogP contribution in [0.1, 0.15) is 47.1 Å². The van der Waals surface area contributed by atoms with Gasteiger partial charge in [-0.2, -0.15) is 0 Å². The lowest BCUT2D eigenvalue weighted by Crippen LogP contribution is -2.33. The Balaban J connectivity index is 3.50. The standard InChI is InChI=1S/C23H36OSi2/c1-7-25(8-2,9-3)20-18-23(24,22-16-14-13-15-17-22)19-21-26(10-4,11-5)12-6/h13-17,24H,7-12H2,1-6H3. The van der Waals surface area contributed by atoms with Crippen molar-refractivity contribution in [2.75, 3.05) is 0 Å². The van der Waals surface area contributed by atoms with Crippen LogP contribution in [0, 0.1) is 22.9 Å². The van der Waals surface area contributed by atoms with Crippen LogP contribution in [0.4, 0.5) is 0 Å². The lowest BCUT2D eigenvalue weighted by molar-refractivity contribution is 0.165. The second kappa shape index (κ2) is 10.2. The van der Waals surface area contributed by atoms with Crippen molar-refractivity contribution in [3.8, 4) is 22.9 Å². The number of benzene rings is 1. The molecule has 1 rings (SSSR count). The van der Waals surface area contributed by atoms with Crippen LogP contribution in [-0.2, 0) is 5.60 Å². The van der Waals surface area contributed by atoms with Gasteiger partial charge in [0, 0.05) is 5.56 Å². The van der Waals surface area contributed by atoms with Crippen LogP contribution in [0.25, 0.3) is 0 Å². The van der Waals surface area contributed by atoms with Crippen molar-refractivity contribution in [1.29, 1.82) is 0 Å². The highest BCUT2D eigenvalue weighted by molar-refractivity contribution is 6.87. The summed E-state index contributed by atoms with van der Waals surface area (Å²) < 4.78 is 0. The molecule has 26 heavy (non-hydrogen) atoms. The highest BCUT2D eigenvalue weighted by Gasteiger charge is 2.30. The van der Waals surface area contributed by atoms with Crippen molar-refractivity contribution in [2.45, 2.75) is 83.4 Å². The summed E-state index contributed by atoms with van der Waals surface area (Å²) in [5.74, 6) is 6.53. The fraction of sp³-hybridized carbons (Fsp3) is 0.565. The minimum Gasteiger partial charge on any atom is -0.364 e. The fourth-order valence-corrected chi connectivity index (χ4v) is 8.28. The van der Waals surface area contributed by atoms with Crippen molar-refractivity contribution < 1.29 is 5.11 Å². The zero-order valence-electron chi connectivity index (χ0n) is 17.6. The van der Waals surface area contributed by atoms with Crippen LogP contribution >= 0.6 is 0 Å². The van der Waals surface area contributed by atoms with Gasteiger partial charge in [0.25, 0.3) is 0 Å². The van der Waals surface area contributed by atoms with Gasteiger partial charge in [0.1, 0.15) is 16.1 Å². The van der Waals surface area contributed by atoms with Crippen LogP contribution < -0.4 is 0 Å². The molecule has 0 saturated heterocycles. The topological polar surface area (TPSA) is 20.2 Å². The third kappa shape index (κ3) is 5.37. The SMILES string of the molecule is CC[Si](C#CC(O)(C#C[Si](CC)(CC)CC)c1ccccc1)(CC)CC. The third-order valence-electron chi connectivity index (χ3n) is 6.27. The first kappa shape index (κ1) is 22.8. The van der Waals surface area contributed by atoms with Gasteiger partial charge in [-0.1, -0.05) is 83.7 Å². The number of rotatable bonds is 7. The molecule has 0 amide bonds. The summed E-state index contributed by atoms with van der Waals surface area (Å²) in [7, 11) is -3.27. The van der Waals surface area contributed by atoms with Crippen molar-refractivity contribution in [1.82, 2.24) is 0 Å². The second-order valence-corrected chi connectivity index (χ2v) is 17.1. The van der Waals surface area contributed by atoms with E-state index < -0.39 is 21.7 Å². The van der Waals surface area contributed by atoms with Gasteiger partial charge in [-0.25, -0.2) is 0 Å². The highest BCUT2D eigenvalue weighted by Crippen LogP contribution is 2.25. The Kier molecular flexibility index (Phi) is 8.91. The number of hydrogen-bond donors (Lipinski definition) is 1. The third-order valence-corrected chi connectivity index (χ3v) is 15.7. The smallest absolute Gasteiger partial charge is 0.212 e. The van der Waals surface area contributed by atoms with Crippen molar-refractivity contribution in [2.24, 2.45) is 0 Å². The molecular weight excluding hydrogens is 348 g/mol. The summed E-state index contributed by atoms with van der Waals surface area (Å²) in [6.07, 6.45) is 0. The predicted octanol–water partition coefficient (Wildman–Crippen LogP) is 5.98. The van der Waals surface area contributed by atoms with Gasteiger partial charge in [0.05, 0.1) is 0 Å². The van der Waals surface area contributed by atoms with E-state index in [9.17, 15) is 5.11 Å². The molecule has 0 aliphatic heterocycles. The molecule has 0 aromatic heterocycles. The van der Waals surface area contributed by atoms with E-state index in [1.165, 1.54) is 0 Å². The molecule has 142 valence electrons. The first-order valence-electron chi connectivity index (χ1n) is 10.2. The maximum Gasteiger partial charge on any atom is 0.212 e. The van der Waals surface area contributed by atoms with E-state index in [1.807, 2.05) is 30.3 Å². The molecular formula is C23H36OSi2. The van der Waals surface area contributed by atoms with E-state index in [2.05, 4.69) is 64.5 Å². The summed E-state index contributed by atoms with van der Waals surface area (Å²) >= 11 is 0. The molecule has 0 saturated carbocycles. The Hall–Kier alpha value is -1.27. The van der Waals surface area contributed by atoms with E-state index in [-0.39, 0.29) is 0 Å². The Morgan fingerprint density at radius 3 is 1.35 bits per heavy atom. The number of aliphatic hydroxyl groups is 1. The predicted molar refractivity (Wildman–Crippen MR) is 120 cm³/mol. The normalized spacial score (nSPS) is 12.0. The van der Waals surface area contributed by atoms with Gasteiger partial charge in [-0.3, -0.25) is 0 Å². The Morgan fingerprint density at radius 2 is 1.04 bits per heavy atom. The molecule has 1 aromatic carbocycles. The molecule has 1 aromatic rings. The lowest BCUT2D eigenvalue weighted by atomic mass is 9.96. The van der Waals surface area contributed by atoms with Gasteiger partial charge in [-0.15, -0.1) is 11.1 Å².